The van der Waals surface area contributed by atoms with E-state index in [1.807, 2.05) is 6.07 Å². The molecule has 0 saturated heterocycles. The van der Waals surface area contributed by atoms with Gasteiger partial charge in [-0.2, -0.15) is 0 Å². The van der Waals surface area contributed by atoms with Gasteiger partial charge in [-0.05, 0) is 42.3 Å². The van der Waals surface area contributed by atoms with Gasteiger partial charge in [0, 0.05) is 5.56 Å². The molecule has 0 radical (unpaired) electrons. The summed E-state index contributed by atoms with van der Waals surface area (Å²) >= 11 is 6.05. The summed E-state index contributed by atoms with van der Waals surface area (Å²) in [4.78, 5) is 7.72. The van der Waals surface area contributed by atoms with Gasteiger partial charge >= 0.3 is 0 Å². The van der Waals surface area contributed by atoms with Crippen LogP contribution in [0.4, 0.5) is 4.39 Å². The van der Waals surface area contributed by atoms with Crippen LogP contribution in [0.25, 0.3) is 22.4 Å². The zero-order valence-electron chi connectivity index (χ0n) is 10.4. The largest absolute Gasteiger partial charge is 0.338 e. The Morgan fingerprint density at radius 1 is 1.21 bits per heavy atom. The summed E-state index contributed by atoms with van der Waals surface area (Å²) in [5.41, 5.74) is 3.80. The zero-order valence-corrected chi connectivity index (χ0v) is 11.1. The fraction of sp³-hybridized carbons (Fsp3) is 0.133. The summed E-state index contributed by atoms with van der Waals surface area (Å²) in [6.07, 6.45) is 0.974. The van der Waals surface area contributed by atoms with Gasteiger partial charge in [-0.25, -0.2) is 9.37 Å². The van der Waals surface area contributed by atoms with Crippen LogP contribution >= 0.6 is 11.6 Å². The third-order valence-electron chi connectivity index (χ3n) is 3.14. The molecule has 0 unspecified atom stereocenters. The van der Waals surface area contributed by atoms with Crippen molar-refractivity contribution in [2.24, 2.45) is 0 Å². The lowest BCUT2D eigenvalue weighted by Gasteiger charge is -1.99. The lowest BCUT2D eigenvalue weighted by atomic mass is 10.1. The number of aryl methyl sites for hydroxylation is 1. The number of hydrogen-bond donors (Lipinski definition) is 1. The smallest absolute Gasteiger partial charge is 0.140 e. The number of nitrogens with zero attached hydrogens (tertiary/aromatic N) is 1. The van der Waals surface area contributed by atoms with Gasteiger partial charge in [0.15, 0.2) is 0 Å². The molecular weight excluding hydrogens is 263 g/mol. The van der Waals surface area contributed by atoms with E-state index in [1.54, 1.807) is 6.07 Å². The lowest BCUT2D eigenvalue weighted by Crippen LogP contribution is -1.83. The molecule has 96 valence electrons. The molecule has 0 fully saturated rings. The maximum atomic E-state index is 13.1. The minimum Gasteiger partial charge on any atom is -0.338 e. The van der Waals surface area contributed by atoms with Crippen LogP contribution in [-0.2, 0) is 6.42 Å². The molecule has 0 spiro atoms. The number of aromatic nitrogens is 2. The summed E-state index contributed by atoms with van der Waals surface area (Å²) in [5.74, 6) is 0.311. The van der Waals surface area contributed by atoms with Crippen molar-refractivity contribution in [3.05, 3.63) is 52.8 Å². The van der Waals surface area contributed by atoms with Gasteiger partial charge in [-0.15, -0.1) is 0 Å². The Morgan fingerprint density at radius 2 is 2.05 bits per heavy atom. The number of fused-ring (bicyclic) bond motifs is 1. The molecule has 1 N–H and O–H groups in total. The van der Waals surface area contributed by atoms with Crippen molar-refractivity contribution in [3.8, 4) is 11.4 Å². The second kappa shape index (κ2) is 4.67. The van der Waals surface area contributed by atoms with Crippen LogP contribution < -0.4 is 0 Å². The van der Waals surface area contributed by atoms with E-state index in [9.17, 15) is 4.39 Å². The molecule has 3 rings (SSSR count). The first-order valence-corrected chi connectivity index (χ1v) is 6.49. The van der Waals surface area contributed by atoms with Crippen LogP contribution in [0, 0.1) is 5.82 Å². The van der Waals surface area contributed by atoms with Crippen molar-refractivity contribution in [1.29, 1.82) is 0 Å². The van der Waals surface area contributed by atoms with E-state index in [1.165, 1.54) is 17.7 Å². The highest BCUT2D eigenvalue weighted by Crippen LogP contribution is 2.28. The average Bonchev–Trinajstić information content (AvgIpc) is 2.80. The molecule has 0 aliphatic rings. The molecular formula is C15H12ClFN2. The van der Waals surface area contributed by atoms with Crippen molar-refractivity contribution >= 4 is 22.6 Å². The van der Waals surface area contributed by atoms with Crippen molar-refractivity contribution in [1.82, 2.24) is 9.97 Å². The molecule has 2 nitrogen and oxygen atoms in total. The molecule has 0 aliphatic heterocycles. The maximum Gasteiger partial charge on any atom is 0.140 e. The van der Waals surface area contributed by atoms with E-state index in [0.717, 1.165) is 17.5 Å². The first-order valence-electron chi connectivity index (χ1n) is 6.11. The fourth-order valence-electron chi connectivity index (χ4n) is 2.09. The molecule has 1 heterocycles. The number of benzene rings is 2. The van der Waals surface area contributed by atoms with Crippen LogP contribution in [0.1, 0.15) is 12.5 Å². The van der Waals surface area contributed by atoms with Crippen LogP contribution in [0.15, 0.2) is 36.4 Å². The highest BCUT2D eigenvalue weighted by Gasteiger charge is 2.09. The highest BCUT2D eigenvalue weighted by atomic mass is 35.5. The summed E-state index contributed by atoms with van der Waals surface area (Å²) in [7, 11) is 0. The Labute approximate surface area is 115 Å². The molecule has 0 aliphatic carbocycles. The minimum atomic E-state index is -0.349. The van der Waals surface area contributed by atoms with Gasteiger partial charge < -0.3 is 4.98 Å². The fourth-order valence-corrected chi connectivity index (χ4v) is 2.34. The predicted octanol–water partition coefficient (Wildman–Crippen LogP) is 4.58. The van der Waals surface area contributed by atoms with E-state index in [4.69, 9.17) is 11.6 Å². The number of H-pyrrole nitrogens is 1. The number of aromatic amines is 1. The van der Waals surface area contributed by atoms with Crippen LogP contribution in [0.2, 0.25) is 5.02 Å². The first-order chi connectivity index (χ1) is 9.17. The van der Waals surface area contributed by atoms with Gasteiger partial charge in [-0.1, -0.05) is 24.6 Å². The van der Waals surface area contributed by atoms with Gasteiger partial charge in [0.2, 0.25) is 0 Å². The Balaban J connectivity index is 2.14. The molecule has 0 saturated carbocycles. The second-order valence-corrected chi connectivity index (χ2v) is 4.82. The Morgan fingerprint density at radius 3 is 2.79 bits per heavy atom. The van der Waals surface area contributed by atoms with Crippen molar-refractivity contribution < 1.29 is 4.39 Å². The van der Waals surface area contributed by atoms with Crippen LogP contribution in [0.3, 0.4) is 0 Å². The number of nitrogens with one attached hydrogen (secondary N) is 1. The summed E-state index contributed by atoms with van der Waals surface area (Å²) in [6.45, 7) is 2.11. The zero-order chi connectivity index (χ0) is 13.4. The van der Waals surface area contributed by atoms with E-state index >= 15 is 0 Å². The predicted molar refractivity (Wildman–Crippen MR) is 75.9 cm³/mol. The quantitative estimate of drug-likeness (QED) is 0.728. The van der Waals surface area contributed by atoms with E-state index in [0.29, 0.717) is 16.4 Å². The molecule has 4 heteroatoms. The van der Waals surface area contributed by atoms with Gasteiger partial charge in [0.25, 0.3) is 0 Å². The first kappa shape index (κ1) is 12.2. The van der Waals surface area contributed by atoms with Gasteiger partial charge in [0.1, 0.15) is 11.6 Å². The molecule has 2 aromatic carbocycles. The standard InChI is InChI=1S/C15H12ClFN2/c1-2-9-3-6-13-14(7-9)19-15(18-13)11-5-4-10(17)8-12(11)16/h3-8H,2H2,1H3,(H,18,19). The third-order valence-corrected chi connectivity index (χ3v) is 3.45. The number of hydrogen-bond acceptors (Lipinski definition) is 1. The van der Waals surface area contributed by atoms with Crippen LogP contribution in [-0.4, -0.2) is 9.97 Å². The van der Waals surface area contributed by atoms with E-state index in [-0.39, 0.29) is 5.82 Å². The Kier molecular flexibility index (Phi) is 2.99. The number of imidazole rings is 1. The van der Waals surface area contributed by atoms with Gasteiger partial charge in [-0.3, -0.25) is 0 Å². The number of rotatable bonds is 2. The Hall–Kier alpha value is -1.87. The van der Waals surface area contributed by atoms with E-state index in [2.05, 4.69) is 29.0 Å². The maximum absolute atomic E-state index is 13.1. The second-order valence-electron chi connectivity index (χ2n) is 4.41. The molecule has 1 aromatic heterocycles. The normalized spacial score (nSPS) is 11.1. The summed E-state index contributed by atoms with van der Waals surface area (Å²) in [5, 5.41) is 0.356. The Bertz CT molecular complexity index is 749. The average molecular weight is 275 g/mol. The molecule has 3 aromatic rings. The summed E-state index contributed by atoms with van der Waals surface area (Å²) in [6, 6.07) is 10.4. The van der Waals surface area contributed by atoms with Crippen molar-refractivity contribution in [3.63, 3.8) is 0 Å². The number of halogens is 2. The SMILES string of the molecule is CCc1ccc2nc(-c3ccc(F)cc3Cl)[nH]c2c1. The van der Waals surface area contributed by atoms with Gasteiger partial charge in [0.05, 0.1) is 16.1 Å². The summed E-state index contributed by atoms with van der Waals surface area (Å²) < 4.78 is 13.1. The molecule has 0 bridgehead atoms. The van der Waals surface area contributed by atoms with E-state index < -0.39 is 0 Å². The van der Waals surface area contributed by atoms with Crippen molar-refractivity contribution in [2.75, 3.05) is 0 Å². The molecule has 19 heavy (non-hydrogen) atoms. The highest BCUT2D eigenvalue weighted by molar-refractivity contribution is 6.33. The molecule has 0 atom stereocenters. The van der Waals surface area contributed by atoms with Crippen LogP contribution in [0.5, 0.6) is 0 Å². The minimum absolute atomic E-state index is 0.349. The molecule has 0 amide bonds. The topological polar surface area (TPSA) is 28.7 Å². The monoisotopic (exact) mass is 274 g/mol. The lowest BCUT2D eigenvalue weighted by molar-refractivity contribution is 0.628. The third kappa shape index (κ3) is 2.22. The van der Waals surface area contributed by atoms with Crippen molar-refractivity contribution in [2.45, 2.75) is 13.3 Å².